The third kappa shape index (κ3) is 5.09. The molecule has 2 aromatic heterocycles. The van der Waals surface area contributed by atoms with E-state index in [4.69, 9.17) is 4.98 Å². The Bertz CT molecular complexity index is 1310. The van der Waals surface area contributed by atoms with Crippen molar-refractivity contribution in [2.75, 3.05) is 24.2 Å². The van der Waals surface area contributed by atoms with Gasteiger partial charge in [0.15, 0.2) is 0 Å². The van der Waals surface area contributed by atoms with Gasteiger partial charge in [-0.25, -0.2) is 14.2 Å². The van der Waals surface area contributed by atoms with Crippen LogP contribution in [-0.2, 0) is 6.42 Å². The number of halogens is 1. The second kappa shape index (κ2) is 9.65. The van der Waals surface area contributed by atoms with Gasteiger partial charge in [0, 0.05) is 42.5 Å². The van der Waals surface area contributed by atoms with Gasteiger partial charge in [-0.3, -0.25) is 4.98 Å². The Kier molecular flexibility index (Phi) is 6.49. The Hall–Kier alpha value is -4.00. The molecule has 0 aliphatic carbocycles. The van der Waals surface area contributed by atoms with Gasteiger partial charge in [-0.2, -0.15) is 0 Å². The van der Waals surface area contributed by atoms with Crippen LogP contribution in [0.4, 0.5) is 20.7 Å². The third-order valence-electron chi connectivity index (χ3n) is 5.54. The van der Waals surface area contributed by atoms with Crippen LogP contribution in [0.5, 0.6) is 0 Å². The van der Waals surface area contributed by atoms with E-state index in [0.717, 1.165) is 44.7 Å². The lowest BCUT2D eigenvalue weighted by Gasteiger charge is -2.15. The van der Waals surface area contributed by atoms with Gasteiger partial charge in [-0.15, -0.1) is 0 Å². The van der Waals surface area contributed by atoms with Gasteiger partial charge >= 0.3 is 6.03 Å². The Labute approximate surface area is 192 Å². The molecule has 0 spiro atoms. The summed E-state index contributed by atoms with van der Waals surface area (Å²) in [7, 11) is 1.81. The molecule has 168 valence electrons. The minimum absolute atomic E-state index is 0.121. The van der Waals surface area contributed by atoms with Crippen LogP contribution in [0.25, 0.3) is 22.0 Å². The standard InChI is InChI=1S/C26H26FN5O/c1-16-11-22(27)24(32-26(33)29-10-9-18-7-5-4-6-8-18)13-20(16)21-12-19-15-30-25(28-3)14-23(19)31-17(21)2/h4-8,11-15H,9-10H2,1-3H3,(H,28,30)(H2,29,32,33). The number of pyridine rings is 2. The van der Waals surface area contributed by atoms with Crippen molar-refractivity contribution in [2.45, 2.75) is 20.3 Å². The van der Waals surface area contributed by atoms with Gasteiger partial charge in [0.2, 0.25) is 0 Å². The molecule has 0 bridgehead atoms. The maximum atomic E-state index is 14.7. The van der Waals surface area contributed by atoms with Crippen LogP contribution in [0.1, 0.15) is 16.8 Å². The molecule has 4 aromatic rings. The second-order valence-corrected chi connectivity index (χ2v) is 7.90. The maximum Gasteiger partial charge on any atom is 0.319 e. The normalized spacial score (nSPS) is 10.8. The number of benzene rings is 2. The minimum atomic E-state index is -0.485. The molecule has 2 amide bonds. The van der Waals surface area contributed by atoms with Crippen molar-refractivity contribution in [1.29, 1.82) is 0 Å². The third-order valence-corrected chi connectivity index (χ3v) is 5.54. The lowest BCUT2D eigenvalue weighted by atomic mass is 9.97. The molecule has 0 unspecified atom stereocenters. The SMILES string of the molecule is CNc1cc2nc(C)c(-c3cc(NC(=O)NCCc4ccccc4)c(F)cc3C)cc2cn1. The van der Waals surface area contributed by atoms with Gasteiger partial charge in [0.05, 0.1) is 11.2 Å². The number of carbonyl (C=O) groups excluding carboxylic acids is 1. The zero-order valence-electron chi connectivity index (χ0n) is 18.9. The van der Waals surface area contributed by atoms with Crippen LogP contribution in [0.15, 0.2) is 60.8 Å². The number of hydrogen-bond acceptors (Lipinski definition) is 4. The number of rotatable bonds is 6. The Morgan fingerprint density at radius 3 is 2.58 bits per heavy atom. The van der Waals surface area contributed by atoms with Crippen molar-refractivity contribution in [3.8, 4) is 11.1 Å². The van der Waals surface area contributed by atoms with Crippen LogP contribution >= 0.6 is 0 Å². The van der Waals surface area contributed by atoms with Crippen LogP contribution < -0.4 is 16.0 Å². The molecule has 0 saturated heterocycles. The number of nitrogens with zero attached hydrogens (tertiary/aromatic N) is 2. The molecule has 7 heteroatoms. The number of aromatic nitrogens is 2. The van der Waals surface area contributed by atoms with Crippen LogP contribution in [-0.4, -0.2) is 29.6 Å². The lowest BCUT2D eigenvalue weighted by Crippen LogP contribution is -2.30. The number of nitrogens with one attached hydrogen (secondary N) is 3. The number of fused-ring (bicyclic) bond motifs is 1. The molecule has 6 nitrogen and oxygen atoms in total. The summed E-state index contributed by atoms with van der Waals surface area (Å²) in [5, 5.41) is 9.31. The molecule has 2 heterocycles. The highest BCUT2D eigenvalue weighted by Gasteiger charge is 2.15. The maximum absolute atomic E-state index is 14.7. The van der Waals surface area contributed by atoms with Crippen molar-refractivity contribution in [2.24, 2.45) is 0 Å². The zero-order chi connectivity index (χ0) is 23.4. The molecular formula is C26H26FN5O. The molecule has 0 atom stereocenters. The predicted molar refractivity (Wildman–Crippen MR) is 131 cm³/mol. The molecule has 0 saturated carbocycles. The number of urea groups is 1. The summed E-state index contributed by atoms with van der Waals surface area (Å²) in [5.41, 5.74) is 5.31. The number of amides is 2. The van der Waals surface area contributed by atoms with E-state index in [1.807, 2.05) is 63.4 Å². The molecule has 33 heavy (non-hydrogen) atoms. The van der Waals surface area contributed by atoms with Gasteiger partial charge in [-0.1, -0.05) is 30.3 Å². The zero-order valence-corrected chi connectivity index (χ0v) is 18.9. The summed E-state index contributed by atoms with van der Waals surface area (Å²) < 4.78 is 14.7. The van der Waals surface area contributed by atoms with E-state index in [1.54, 1.807) is 12.3 Å². The molecule has 3 N–H and O–H groups in total. The smallest absolute Gasteiger partial charge is 0.319 e. The highest BCUT2D eigenvalue weighted by molar-refractivity contribution is 5.92. The fourth-order valence-electron chi connectivity index (χ4n) is 3.76. The largest absolute Gasteiger partial charge is 0.373 e. The number of aryl methyl sites for hydroxylation is 2. The van der Waals surface area contributed by atoms with E-state index in [-0.39, 0.29) is 5.69 Å². The topological polar surface area (TPSA) is 78.9 Å². The number of anilines is 2. The average Bonchev–Trinajstić information content (AvgIpc) is 2.81. The summed E-state index contributed by atoms with van der Waals surface area (Å²) in [5.74, 6) is 0.256. The van der Waals surface area contributed by atoms with Crippen molar-refractivity contribution in [3.05, 3.63) is 83.4 Å². The summed E-state index contributed by atoms with van der Waals surface area (Å²) >= 11 is 0. The quantitative estimate of drug-likeness (QED) is 0.370. The van der Waals surface area contributed by atoms with E-state index in [1.165, 1.54) is 6.07 Å². The number of carbonyl (C=O) groups is 1. The lowest BCUT2D eigenvalue weighted by molar-refractivity contribution is 0.252. The van der Waals surface area contributed by atoms with Crippen LogP contribution in [0.2, 0.25) is 0 Å². The minimum Gasteiger partial charge on any atom is -0.373 e. The Morgan fingerprint density at radius 1 is 1.03 bits per heavy atom. The highest BCUT2D eigenvalue weighted by atomic mass is 19.1. The van der Waals surface area contributed by atoms with E-state index < -0.39 is 11.8 Å². The van der Waals surface area contributed by atoms with Gasteiger partial charge in [0.1, 0.15) is 11.6 Å². The fourth-order valence-corrected chi connectivity index (χ4v) is 3.76. The van der Waals surface area contributed by atoms with Gasteiger partial charge in [0.25, 0.3) is 0 Å². The monoisotopic (exact) mass is 443 g/mol. The second-order valence-electron chi connectivity index (χ2n) is 7.90. The summed E-state index contributed by atoms with van der Waals surface area (Å²) in [6, 6.07) is 16.4. The first kappa shape index (κ1) is 22.2. The summed E-state index contributed by atoms with van der Waals surface area (Å²) in [4.78, 5) is 21.4. The fraction of sp³-hybridized carbons (Fsp3) is 0.192. The molecule has 0 radical (unpaired) electrons. The number of hydrogen-bond donors (Lipinski definition) is 3. The van der Waals surface area contributed by atoms with Crippen molar-refractivity contribution in [3.63, 3.8) is 0 Å². The van der Waals surface area contributed by atoms with E-state index in [9.17, 15) is 9.18 Å². The van der Waals surface area contributed by atoms with E-state index >= 15 is 0 Å². The summed E-state index contributed by atoms with van der Waals surface area (Å²) in [6.45, 7) is 4.21. The van der Waals surface area contributed by atoms with Crippen molar-refractivity contribution >= 4 is 28.4 Å². The van der Waals surface area contributed by atoms with Crippen LogP contribution in [0.3, 0.4) is 0 Å². The van der Waals surface area contributed by atoms with E-state index in [2.05, 4.69) is 20.9 Å². The first-order valence-corrected chi connectivity index (χ1v) is 10.8. The predicted octanol–water partition coefficient (Wildman–Crippen LogP) is 5.46. The van der Waals surface area contributed by atoms with E-state index in [0.29, 0.717) is 13.0 Å². The molecule has 0 aliphatic heterocycles. The first-order chi connectivity index (χ1) is 15.9. The Balaban J connectivity index is 1.55. The van der Waals surface area contributed by atoms with Gasteiger partial charge < -0.3 is 16.0 Å². The molecule has 4 rings (SSSR count). The summed E-state index contributed by atoms with van der Waals surface area (Å²) in [6.07, 6.45) is 2.45. The molecule has 0 aliphatic rings. The first-order valence-electron chi connectivity index (χ1n) is 10.8. The highest BCUT2D eigenvalue weighted by Crippen LogP contribution is 2.32. The average molecular weight is 444 g/mol. The molecular weight excluding hydrogens is 417 g/mol. The molecule has 0 fully saturated rings. The Morgan fingerprint density at radius 2 is 1.82 bits per heavy atom. The molecule has 2 aromatic carbocycles. The van der Waals surface area contributed by atoms with Gasteiger partial charge in [-0.05, 0) is 55.2 Å². The van der Waals surface area contributed by atoms with Crippen molar-refractivity contribution < 1.29 is 9.18 Å². The van der Waals surface area contributed by atoms with Crippen molar-refractivity contribution in [1.82, 2.24) is 15.3 Å². The van der Waals surface area contributed by atoms with Crippen LogP contribution in [0, 0.1) is 19.7 Å².